The molecule has 546 valence electrons. The molecule has 26 nitrogen and oxygen atoms in total. The molecule has 2 fully saturated rings. The summed E-state index contributed by atoms with van der Waals surface area (Å²) in [7, 11) is 9.87. The van der Waals surface area contributed by atoms with Gasteiger partial charge in [0.25, 0.3) is 0 Å². The number of allylic oxidation sites excluding steroid dienone is 2. The van der Waals surface area contributed by atoms with Crippen LogP contribution in [0.4, 0.5) is 0 Å². The SMILES string of the molecule is C/C=C/C[C@@H](C)[C@@H](O)[C@@H]1C(=O)N[C@H](CC)C(=O)N(C)[C@H](CSCCCC(=O)CCC(=O)O)C(=O)N(C)[C@@H](CC(C)C)C(=O)N[C@H](C(C)C)C(=O)N(C)[C@@H]2CC(C)N(C2=O)[C@H](C)C(=O)N[C@@H](C)C(=O)N(C)[C@H](CC(C)C)C(=O)N(C)[C@H](CC(C)C)C(=O)N(C)[C@H](C(C)C)C(=O)N1C. The van der Waals surface area contributed by atoms with Crippen LogP contribution in [0.2, 0.25) is 0 Å². The Balaban J connectivity index is 3.08. The topological polar surface area (TPSA) is 324 Å². The average Bonchev–Trinajstić information content (AvgIpc) is 1.45. The molecular weight excluding hydrogens is 1250 g/mol. The average molecular weight is 1370 g/mol. The number of ketones is 1. The monoisotopic (exact) mass is 1370 g/mol. The maximum absolute atomic E-state index is 15.4. The highest BCUT2D eigenvalue weighted by molar-refractivity contribution is 7.99. The summed E-state index contributed by atoms with van der Waals surface area (Å²) < 4.78 is 0. The number of hydrogen-bond donors (Lipinski definition) is 5. The molecule has 0 spiro atoms. The van der Waals surface area contributed by atoms with E-state index in [1.54, 1.807) is 67.5 Å². The number of carbonyl (C=O) groups excluding carboxylic acids is 12. The summed E-state index contributed by atoms with van der Waals surface area (Å²) in [6.45, 7) is 27.8. The van der Waals surface area contributed by atoms with Crippen LogP contribution < -0.4 is 16.0 Å². The van der Waals surface area contributed by atoms with E-state index in [0.717, 1.165) is 9.80 Å². The molecule has 0 radical (unpaired) electrons. The predicted molar refractivity (Wildman–Crippen MR) is 369 cm³/mol. The molecule has 2 aliphatic heterocycles. The molecule has 0 aromatic rings. The number of thioether (sulfide) groups is 1. The number of carbonyl (C=O) groups is 13. The van der Waals surface area contributed by atoms with Gasteiger partial charge in [-0.25, -0.2) is 0 Å². The Morgan fingerprint density at radius 2 is 1.03 bits per heavy atom. The van der Waals surface area contributed by atoms with Crippen LogP contribution in [0.15, 0.2) is 12.2 Å². The number of hydrogen-bond acceptors (Lipinski definition) is 15. The maximum Gasteiger partial charge on any atom is 0.303 e. The second-order valence-electron chi connectivity index (χ2n) is 28.6. The third-order valence-corrected chi connectivity index (χ3v) is 19.8. The second-order valence-corrected chi connectivity index (χ2v) is 29.7. The van der Waals surface area contributed by atoms with E-state index in [9.17, 15) is 38.7 Å². The Kier molecular flexibility index (Phi) is 34.8. The minimum atomic E-state index is -1.69. The lowest BCUT2D eigenvalue weighted by molar-refractivity contribution is -0.157. The molecule has 2 bridgehead atoms. The van der Waals surface area contributed by atoms with Crippen molar-refractivity contribution in [2.75, 3.05) is 60.8 Å². The molecule has 0 aromatic carbocycles. The van der Waals surface area contributed by atoms with Crippen molar-refractivity contribution >= 4 is 88.5 Å². The summed E-state index contributed by atoms with van der Waals surface area (Å²) in [6.07, 6.45) is 2.51. The van der Waals surface area contributed by atoms with Crippen molar-refractivity contribution in [2.24, 2.45) is 35.5 Å². The Labute approximate surface area is 575 Å². The summed E-state index contributed by atoms with van der Waals surface area (Å²) in [5.74, 6) is -11.2. The fourth-order valence-electron chi connectivity index (χ4n) is 12.6. The first-order chi connectivity index (χ1) is 44.5. The number of amides is 11. The fraction of sp³-hybridized carbons (Fsp3) is 0.783. The number of aliphatic carboxylic acids is 1. The van der Waals surface area contributed by atoms with Crippen molar-refractivity contribution in [1.82, 2.24) is 55.1 Å². The van der Waals surface area contributed by atoms with E-state index in [2.05, 4.69) is 16.0 Å². The minimum absolute atomic E-state index is 0.0554. The standard InChI is InChI=1S/C69H119N11O15S/c1-24-26-28-43(13)58(84)57-61(87)71-48(25-2)63(89)77(21)53(37-96-32-27-29-47(81)30-31-54(82)83)66(92)73(17)49(33-38(3)4)60(86)72-55(41(9)10)68(94)76(20)52-36-44(14)80(67(52)93)46(16)59(85)70-45(15)62(88)74(18)50(34-39(5)6)64(90)75(19)51(35-40(7)8)65(91)78(22)56(42(11)12)69(95)79(57)23/h24,26,38-46,48-53,55-58,84H,25,27-37H2,1-23H3,(H,70,85)(H,71,87)(H,72,86)(H,82,83)/b26-24+/t43-,44?,45+,46-,48-,49+,50-,51-,52-,53-,55-,56-,57-,58-/m1/s1. The van der Waals surface area contributed by atoms with Crippen LogP contribution in [-0.2, 0) is 62.3 Å². The van der Waals surface area contributed by atoms with Gasteiger partial charge in [-0.2, -0.15) is 11.8 Å². The number of likely N-dealkylation sites (N-methyl/N-ethyl adjacent to an activating group) is 7. The van der Waals surface area contributed by atoms with Gasteiger partial charge in [-0.3, -0.25) is 62.3 Å². The van der Waals surface area contributed by atoms with E-state index in [4.69, 9.17) is 5.11 Å². The minimum Gasteiger partial charge on any atom is -0.481 e. The van der Waals surface area contributed by atoms with Crippen LogP contribution in [0, 0.1) is 35.5 Å². The van der Waals surface area contributed by atoms with E-state index in [1.807, 2.05) is 41.5 Å². The smallest absolute Gasteiger partial charge is 0.303 e. The summed E-state index contributed by atoms with van der Waals surface area (Å²) in [5.41, 5.74) is 0. The number of nitrogens with one attached hydrogen (secondary N) is 3. The van der Waals surface area contributed by atoms with Gasteiger partial charge in [0.2, 0.25) is 65.0 Å². The summed E-state index contributed by atoms with van der Waals surface area (Å²) in [5, 5.41) is 29.8. The molecule has 0 saturated carbocycles. The molecule has 27 heteroatoms. The van der Waals surface area contributed by atoms with Crippen molar-refractivity contribution in [2.45, 2.75) is 254 Å². The Bertz CT molecular complexity index is 2750. The maximum atomic E-state index is 15.4. The van der Waals surface area contributed by atoms with Gasteiger partial charge in [0.1, 0.15) is 72.2 Å². The molecule has 2 heterocycles. The third-order valence-electron chi connectivity index (χ3n) is 18.6. The normalized spacial score (nSPS) is 27.2. The molecular formula is C69H119N11O15S. The van der Waals surface area contributed by atoms with Gasteiger partial charge in [-0.15, -0.1) is 0 Å². The fourth-order valence-corrected chi connectivity index (χ4v) is 13.7. The van der Waals surface area contributed by atoms with Gasteiger partial charge in [0.15, 0.2) is 0 Å². The number of nitrogens with zero attached hydrogens (tertiary/aromatic N) is 8. The van der Waals surface area contributed by atoms with Gasteiger partial charge >= 0.3 is 5.97 Å². The van der Waals surface area contributed by atoms with Crippen LogP contribution >= 0.6 is 11.8 Å². The van der Waals surface area contributed by atoms with E-state index < -0.39 is 167 Å². The van der Waals surface area contributed by atoms with E-state index in [-0.39, 0.29) is 87.1 Å². The number of rotatable bonds is 22. The van der Waals surface area contributed by atoms with E-state index >= 15 is 28.8 Å². The highest BCUT2D eigenvalue weighted by Crippen LogP contribution is 2.29. The number of fused-ring (bicyclic) bond motifs is 2. The third kappa shape index (κ3) is 23.0. The van der Waals surface area contributed by atoms with Gasteiger partial charge in [-0.1, -0.05) is 95.2 Å². The quantitative estimate of drug-likeness (QED) is 0.0754. The number of aliphatic hydroxyl groups excluding tert-OH is 1. The molecule has 96 heavy (non-hydrogen) atoms. The molecule has 2 saturated heterocycles. The summed E-state index contributed by atoms with van der Waals surface area (Å²) >= 11 is 1.23. The van der Waals surface area contributed by atoms with Crippen LogP contribution in [-0.4, -0.2) is 266 Å². The summed E-state index contributed by atoms with van der Waals surface area (Å²) in [4.78, 5) is 198. The molecule has 2 aliphatic rings. The Morgan fingerprint density at radius 3 is 1.53 bits per heavy atom. The molecule has 1 unspecified atom stereocenters. The van der Waals surface area contributed by atoms with Crippen molar-refractivity contribution in [3.05, 3.63) is 12.2 Å². The zero-order valence-corrected chi connectivity index (χ0v) is 62.6. The second kappa shape index (κ2) is 39.1. The first-order valence-corrected chi connectivity index (χ1v) is 35.4. The van der Waals surface area contributed by atoms with E-state index in [0.29, 0.717) is 12.2 Å². The van der Waals surface area contributed by atoms with Crippen molar-refractivity contribution in [3.8, 4) is 0 Å². The highest BCUT2D eigenvalue weighted by Gasteiger charge is 2.49. The lowest BCUT2D eigenvalue weighted by atomic mass is 9.91. The van der Waals surface area contributed by atoms with Crippen molar-refractivity contribution in [1.29, 1.82) is 0 Å². The predicted octanol–water partition coefficient (Wildman–Crippen LogP) is 4.04. The zero-order chi connectivity index (χ0) is 73.8. The molecule has 5 N–H and O–H groups in total. The molecule has 2 rings (SSSR count). The zero-order valence-electron chi connectivity index (χ0n) is 61.8. The van der Waals surface area contributed by atoms with Crippen LogP contribution in [0.5, 0.6) is 0 Å². The van der Waals surface area contributed by atoms with Crippen molar-refractivity contribution in [3.63, 3.8) is 0 Å². The molecule has 0 aromatic heterocycles. The molecule has 0 aliphatic carbocycles. The number of carboxylic acid groups (broad SMARTS) is 1. The van der Waals surface area contributed by atoms with Gasteiger partial charge < -0.3 is 65.4 Å². The molecule has 14 atom stereocenters. The van der Waals surface area contributed by atoms with Gasteiger partial charge in [-0.05, 0) is 114 Å². The van der Waals surface area contributed by atoms with E-state index in [1.165, 1.54) is 104 Å². The summed E-state index contributed by atoms with van der Waals surface area (Å²) in [6, 6.07) is -14.6. The number of Topliss-reactive ketones (excluding diaryl/α,β-unsaturated/α-hetero) is 1. The number of aliphatic hydroxyl groups is 1. The lowest BCUT2D eigenvalue weighted by Gasteiger charge is -2.41. The van der Waals surface area contributed by atoms with Crippen LogP contribution in [0.3, 0.4) is 0 Å². The van der Waals surface area contributed by atoms with Crippen LogP contribution in [0.25, 0.3) is 0 Å². The first-order valence-electron chi connectivity index (χ1n) is 34.2. The van der Waals surface area contributed by atoms with Crippen molar-refractivity contribution < 1.29 is 72.5 Å². The Morgan fingerprint density at radius 1 is 0.542 bits per heavy atom. The highest BCUT2D eigenvalue weighted by atomic mass is 32.2. The Hall–Kier alpha value is -6.64. The largest absolute Gasteiger partial charge is 0.481 e. The first kappa shape index (κ1) is 85.4. The number of carboxylic acids is 1. The van der Waals surface area contributed by atoms with Crippen LogP contribution in [0.1, 0.15) is 175 Å². The van der Waals surface area contributed by atoms with Gasteiger partial charge in [0, 0.05) is 74.0 Å². The van der Waals surface area contributed by atoms with Gasteiger partial charge in [0.05, 0.1) is 12.5 Å². The molecule has 11 amide bonds. The lowest BCUT2D eigenvalue weighted by Crippen LogP contribution is -2.64.